The van der Waals surface area contributed by atoms with Gasteiger partial charge in [-0.3, -0.25) is 24.6 Å². The minimum atomic E-state index is -0.612. The molecule has 4 atom stereocenters. The number of nitrogens with zero attached hydrogens (tertiary/aromatic N) is 4. The van der Waals surface area contributed by atoms with Gasteiger partial charge in [0.25, 0.3) is 5.91 Å². The van der Waals surface area contributed by atoms with Gasteiger partial charge in [0.2, 0.25) is 11.8 Å². The molecule has 5 aliphatic rings. The Morgan fingerprint density at radius 3 is 2.65 bits per heavy atom. The number of fused-ring (bicyclic) bond motifs is 3. The maximum atomic E-state index is 13.0. The Bertz CT molecular complexity index is 1610. The number of carbonyl (C=O) groups excluding carboxylic acids is 3. The summed E-state index contributed by atoms with van der Waals surface area (Å²) in [6, 6.07) is 15.9. The lowest BCUT2D eigenvalue weighted by atomic mass is 10.0. The second kappa shape index (κ2) is 10.6. The monoisotopic (exact) mass is 581 g/mol. The van der Waals surface area contributed by atoms with Gasteiger partial charge in [-0.15, -0.1) is 0 Å². The first-order valence-electron chi connectivity index (χ1n) is 15.4. The molecule has 0 aliphatic carbocycles. The molecule has 4 fully saturated rings. The Kier molecular flexibility index (Phi) is 6.56. The predicted octanol–water partition coefficient (Wildman–Crippen LogP) is 2.73. The molecule has 43 heavy (non-hydrogen) atoms. The lowest BCUT2D eigenvalue weighted by Gasteiger charge is -2.29. The summed E-state index contributed by atoms with van der Waals surface area (Å²) in [6.45, 7) is 6.80. The summed E-state index contributed by atoms with van der Waals surface area (Å²) in [5.74, 6) is 2.23. The van der Waals surface area contributed by atoms with Crippen LogP contribution in [0.5, 0.6) is 5.75 Å². The lowest BCUT2D eigenvalue weighted by Crippen LogP contribution is -2.52. The van der Waals surface area contributed by atoms with Gasteiger partial charge < -0.3 is 19.3 Å². The van der Waals surface area contributed by atoms with E-state index in [4.69, 9.17) is 14.5 Å². The lowest BCUT2D eigenvalue weighted by molar-refractivity contribution is -0.136. The zero-order valence-corrected chi connectivity index (χ0v) is 24.0. The van der Waals surface area contributed by atoms with Crippen LogP contribution >= 0.6 is 0 Å². The van der Waals surface area contributed by atoms with Crippen LogP contribution < -0.4 is 15.0 Å². The molecule has 3 amide bonds. The Hall–Kier alpha value is -4.02. The maximum Gasteiger partial charge on any atom is 0.255 e. The molecule has 0 saturated carbocycles. The zero-order chi connectivity index (χ0) is 29.1. The van der Waals surface area contributed by atoms with Crippen molar-refractivity contribution in [3.8, 4) is 5.75 Å². The number of anilines is 1. The number of aromatic nitrogens is 1. The van der Waals surface area contributed by atoms with E-state index in [1.807, 2.05) is 12.1 Å². The summed E-state index contributed by atoms with van der Waals surface area (Å²) >= 11 is 0. The fourth-order valence-electron chi connectivity index (χ4n) is 7.42. The number of imide groups is 1. The molecule has 8 rings (SSSR count). The van der Waals surface area contributed by atoms with Gasteiger partial charge in [-0.05, 0) is 66.4 Å². The van der Waals surface area contributed by atoms with Crippen molar-refractivity contribution in [3.05, 3.63) is 65.2 Å². The third-order valence-electron chi connectivity index (χ3n) is 9.74. The molecule has 0 bridgehead atoms. The van der Waals surface area contributed by atoms with Crippen LogP contribution in [0.1, 0.15) is 40.7 Å². The highest BCUT2D eigenvalue weighted by Crippen LogP contribution is 2.33. The topological polar surface area (TPSA) is 104 Å². The van der Waals surface area contributed by atoms with Crippen molar-refractivity contribution in [1.29, 1.82) is 0 Å². The number of ether oxygens (including phenoxy) is 2. The van der Waals surface area contributed by atoms with E-state index in [1.54, 1.807) is 11.0 Å². The van der Waals surface area contributed by atoms with Gasteiger partial charge in [0.15, 0.2) is 0 Å². The van der Waals surface area contributed by atoms with E-state index in [9.17, 15) is 14.4 Å². The molecule has 10 heteroatoms. The second-order valence-corrected chi connectivity index (χ2v) is 12.6. The Labute approximate surface area is 249 Å². The summed E-state index contributed by atoms with van der Waals surface area (Å²) in [6.07, 6.45) is 1.60. The fourth-order valence-corrected chi connectivity index (χ4v) is 7.42. The maximum absolute atomic E-state index is 13.0. The van der Waals surface area contributed by atoms with E-state index in [2.05, 4.69) is 45.4 Å². The van der Waals surface area contributed by atoms with E-state index < -0.39 is 11.9 Å². The van der Waals surface area contributed by atoms with Gasteiger partial charge in [-0.2, -0.15) is 0 Å². The zero-order valence-electron chi connectivity index (χ0n) is 24.0. The Morgan fingerprint density at radius 1 is 0.953 bits per heavy atom. The number of hydrogen-bond donors (Lipinski definition) is 1. The number of nitrogens with one attached hydrogen (secondary N) is 1. The van der Waals surface area contributed by atoms with Crippen molar-refractivity contribution in [3.63, 3.8) is 0 Å². The van der Waals surface area contributed by atoms with Crippen molar-refractivity contribution < 1.29 is 23.9 Å². The van der Waals surface area contributed by atoms with E-state index >= 15 is 0 Å². The fraction of sp³-hybridized carbons (Fsp3) is 0.455. The third kappa shape index (κ3) is 5.02. The molecule has 6 heterocycles. The van der Waals surface area contributed by atoms with Crippen LogP contribution in [0.25, 0.3) is 10.9 Å². The summed E-state index contributed by atoms with van der Waals surface area (Å²) in [4.78, 5) is 48.2. The highest BCUT2D eigenvalue weighted by atomic mass is 16.5. The summed E-state index contributed by atoms with van der Waals surface area (Å²) < 4.78 is 12.0. The van der Waals surface area contributed by atoms with Gasteiger partial charge in [-0.25, -0.2) is 4.98 Å². The molecule has 222 valence electrons. The molecular weight excluding hydrogens is 546 g/mol. The third-order valence-corrected chi connectivity index (χ3v) is 9.74. The SMILES string of the molecule is O=C1CCC(N2Cc3cc(OC4CCN(Cc5ccc6nc(N7C[C@H]8COC[C@H]8C7)ccc6c5)C4)ccc3C2=O)C(=O)N1. The van der Waals surface area contributed by atoms with E-state index in [0.717, 1.165) is 80.4 Å². The largest absolute Gasteiger partial charge is 0.489 e. The average molecular weight is 582 g/mol. The Balaban J connectivity index is 0.877. The Morgan fingerprint density at radius 2 is 1.81 bits per heavy atom. The minimum absolute atomic E-state index is 0.0661. The summed E-state index contributed by atoms with van der Waals surface area (Å²) in [5, 5.41) is 3.51. The van der Waals surface area contributed by atoms with Crippen LogP contribution in [0.15, 0.2) is 48.5 Å². The van der Waals surface area contributed by atoms with Crippen molar-refractivity contribution in [1.82, 2.24) is 20.1 Å². The van der Waals surface area contributed by atoms with Gasteiger partial charge >= 0.3 is 0 Å². The molecule has 2 aromatic carbocycles. The van der Waals surface area contributed by atoms with Crippen LogP contribution in [0.4, 0.5) is 5.82 Å². The molecule has 4 saturated heterocycles. The van der Waals surface area contributed by atoms with Gasteiger partial charge in [-0.1, -0.05) is 6.07 Å². The smallest absolute Gasteiger partial charge is 0.255 e. The highest BCUT2D eigenvalue weighted by molar-refractivity contribution is 6.05. The number of likely N-dealkylation sites (tertiary alicyclic amines) is 1. The first kappa shape index (κ1) is 26.6. The number of carbonyl (C=O) groups is 3. The molecule has 5 aliphatic heterocycles. The quantitative estimate of drug-likeness (QED) is 0.444. The van der Waals surface area contributed by atoms with Crippen LogP contribution in [0.2, 0.25) is 0 Å². The standard InChI is InChI=1S/C33H35N5O5/c39-31-8-6-29(32(40)35-31)38-16-22-12-25(3-4-27(22)33(38)41)43-26-9-10-36(17-26)13-20-1-5-28-21(11-20)2-7-30(34-28)37-14-23-18-42-19-24(23)15-37/h1-5,7,11-12,23-24,26,29H,6,8-10,13-19H2,(H,35,39,40)/t23-,24+,26?,29?. The number of rotatable bonds is 6. The number of pyridine rings is 1. The van der Waals surface area contributed by atoms with Crippen molar-refractivity contribution in [2.75, 3.05) is 44.3 Å². The molecule has 10 nitrogen and oxygen atoms in total. The number of benzene rings is 2. The molecular formula is C33H35N5O5. The predicted molar refractivity (Wildman–Crippen MR) is 159 cm³/mol. The summed E-state index contributed by atoms with van der Waals surface area (Å²) in [5.41, 5.74) is 3.75. The average Bonchev–Trinajstić information content (AvgIpc) is 3.78. The van der Waals surface area contributed by atoms with Gasteiger partial charge in [0.05, 0.1) is 18.7 Å². The first-order chi connectivity index (χ1) is 21.0. The summed E-state index contributed by atoms with van der Waals surface area (Å²) in [7, 11) is 0. The van der Waals surface area contributed by atoms with E-state index in [-0.39, 0.29) is 24.3 Å². The normalized spacial score (nSPS) is 27.2. The molecule has 3 aromatic rings. The number of hydrogen-bond acceptors (Lipinski definition) is 8. The first-order valence-corrected chi connectivity index (χ1v) is 15.4. The van der Waals surface area contributed by atoms with Gasteiger partial charge in [0.1, 0.15) is 23.7 Å². The number of amides is 3. The minimum Gasteiger partial charge on any atom is -0.489 e. The second-order valence-electron chi connectivity index (χ2n) is 12.6. The van der Waals surface area contributed by atoms with Gasteiger partial charge in [0, 0.05) is 68.5 Å². The molecule has 2 unspecified atom stereocenters. The van der Waals surface area contributed by atoms with E-state index in [1.165, 1.54) is 5.56 Å². The molecule has 0 radical (unpaired) electrons. The van der Waals surface area contributed by atoms with Crippen LogP contribution in [0, 0.1) is 11.8 Å². The molecule has 0 spiro atoms. The van der Waals surface area contributed by atoms with Crippen LogP contribution in [-0.4, -0.2) is 84.0 Å². The highest BCUT2D eigenvalue weighted by Gasteiger charge is 2.40. The van der Waals surface area contributed by atoms with Crippen molar-refractivity contribution in [2.45, 2.75) is 44.5 Å². The van der Waals surface area contributed by atoms with Crippen molar-refractivity contribution >= 4 is 34.4 Å². The van der Waals surface area contributed by atoms with Crippen LogP contribution in [-0.2, 0) is 27.4 Å². The van der Waals surface area contributed by atoms with Crippen LogP contribution in [0.3, 0.4) is 0 Å². The molecule has 1 aromatic heterocycles. The van der Waals surface area contributed by atoms with Crippen molar-refractivity contribution in [2.24, 2.45) is 11.8 Å². The molecule has 1 N–H and O–H groups in total. The van der Waals surface area contributed by atoms with E-state index in [0.29, 0.717) is 30.4 Å². The number of piperidine rings is 1.